The third-order valence-electron chi connectivity index (χ3n) is 4.71. The van der Waals surface area contributed by atoms with Crippen molar-refractivity contribution in [3.63, 3.8) is 0 Å². The quantitative estimate of drug-likeness (QED) is 0.671. The number of aromatic nitrogens is 4. The lowest BCUT2D eigenvalue weighted by Crippen LogP contribution is -2.29. The van der Waals surface area contributed by atoms with E-state index in [1.807, 2.05) is 13.8 Å². The van der Waals surface area contributed by atoms with E-state index in [1.165, 1.54) is 6.33 Å². The van der Waals surface area contributed by atoms with Gasteiger partial charge in [0.2, 0.25) is 11.9 Å². The normalized spacial score (nSPS) is 25.4. The van der Waals surface area contributed by atoms with Crippen LogP contribution in [0.3, 0.4) is 0 Å². The maximum atomic E-state index is 12.3. The molecule has 1 fully saturated rings. The van der Waals surface area contributed by atoms with Crippen LogP contribution in [0.15, 0.2) is 11.1 Å². The molecule has 0 saturated carbocycles. The average Bonchev–Trinajstić information content (AvgIpc) is 3.17. The Labute approximate surface area is 155 Å². The third-order valence-corrected chi connectivity index (χ3v) is 4.71. The summed E-state index contributed by atoms with van der Waals surface area (Å²) in [7, 11) is 0. The smallest absolute Gasteiger partial charge is 0.280 e. The molecule has 10 heteroatoms. The fourth-order valence-corrected chi connectivity index (χ4v) is 3.14. The highest BCUT2D eigenvalue weighted by atomic mass is 16.6. The van der Waals surface area contributed by atoms with Crippen LogP contribution >= 0.6 is 0 Å². The van der Waals surface area contributed by atoms with E-state index in [4.69, 9.17) is 9.47 Å². The van der Waals surface area contributed by atoms with Crippen molar-refractivity contribution in [1.82, 2.24) is 19.5 Å². The maximum absolute atomic E-state index is 12.3. The number of carbonyl (C=O) groups excluding carboxylic acids is 1. The van der Waals surface area contributed by atoms with Crippen LogP contribution in [0.5, 0.6) is 0 Å². The minimum absolute atomic E-state index is 0.0469. The van der Waals surface area contributed by atoms with Crippen LogP contribution in [0.25, 0.3) is 11.2 Å². The number of nitrogens with zero attached hydrogens (tertiary/aromatic N) is 3. The summed E-state index contributed by atoms with van der Waals surface area (Å²) in [6, 6.07) is 0. The van der Waals surface area contributed by atoms with Crippen molar-refractivity contribution < 1.29 is 19.4 Å². The number of aliphatic hydroxyl groups excluding tert-OH is 1. The number of aliphatic hydroxyl groups is 1. The van der Waals surface area contributed by atoms with Gasteiger partial charge in [0.1, 0.15) is 6.10 Å². The Balaban J connectivity index is 2.02. The summed E-state index contributed by atoms with van der Waals surface area (Å²) in [4.78, 5) is 35.3. The molecule has 0 aromatic carbocycles. The first-order valence-corrected chi connectivity index (χ1v) is 9.03. The average molecular weight is 379 g/mol. The van der Waals surface area contributed by atoms with Gasteiger partial charge in [0.05, 0.1) is 19.0 Å². The number of aromatic amines is 1. The number of imidazole rings is 1. The molecule has 3 rings (SSSR count). The maximum Gasteiger partial charge on any atom is 0.280 e. The van der Waals surface area contributed by atoms with Gasteiger partial charge in [-0.25, -0.2) is 4.98 Å². The Morgan fingerprint density at radius 3 is 2.89 bits per heavy atom. The predicted molar refractivity (Wildman–Crippen MR) is 97.2 cm³/mol. The summed E-state index contributed by atoms with van der Waals surface area (Å²) in [5.41, 5.74) is -0.0506. The van der Waals surface area contributed by atoms with Crippen molar-refractivity contribution in [2.24, 2.45) is 11.8 Å². The van der Waals surface area contributed by atoms with Crippen LogP contribution in [0.2, 0.25) is 0 Å². The van der Waals surface area contributed by atoms with Gasteiger partial charge in [-0.2, -0.15) is 4.98 Å². The highest BCUT2D eigenvalue weighted by Gasteiger charge is 2.44. The molecular weight excluding hydrogens is 354 g/mol. The minimum atomic E-state index is -0.593. The number of H-pyrrole nitrogens is 1. The van der Waals surface area contributed by atoms with Crippen molar-refractivity contribution in [3.8, 4) is 0 Å². The number of nitrogens with one attached hydrogen (secondary N) is 2. The number of fused-ring (bicyclic) bond motifs is 1. The summed E-state index contributed by atoms with van der Waals surface area (Å²) in [6.45, 7) is 7.64. The summed E-state index contributed by atoms with van der Waals surface area (Å²) < 4.78 is 13.4. The lowest BCUT2D eigenvalue weighted by atomic mass is 10.0. The van der Waals surface area contributed by atoms with Gasteiger partial charge in [0.15, 0.2) is 17.4 Å². The number of carbonyl (C=O) groups is 1. The summed E-state index contributed by atoms with van der Waals surface area (Å²) in [6.07, 6.45) is 0.139. The third kappa shape index (κ3) is 3.60. The molecule has 0 radical (unpaired) electrons. The zero-order valence-corrected chi connectivity index (χ0v) is 15.8. The van der Waals surface area contributed by atoms with Crippen LogP contribution in [-0.2, 0) is 14.3 Å². The molecule has 3 N–H and O–H groups in total. The number of amides is 1. The molecule has 27 heavy (non-hydrogen) atoms. The second-order valence-corrected chi connectivity index (χ2v) is 6.91. The van der Waals surface area contributed by atoms with E-state index in [0.717, 1.165) is 0 Å². The Hall–Kier alpha value is -2.30. The van der Waals surface area contributed by atoms with Gasteiger partial charge in [-0.3, -0.25) is 24.5 Å². The molecule has 1 amide bonds. The number of hydrogen-bond donors (Lipinski definition) is 3. The Kier molecular flexibility index (Phi) is 5.59. The minimum Gasteiger partial charge on any atom is -0.394 e. The van der Waals surface area contributed by atoms with Crippen LogP contribution in [-0.4, -0.2) is 56.0 Å². The van der Waals surface area contributed by atoms with Gasteiger partial charge >= 0.3 is 0 Å². The molecule has 3 heterocycles. The van der Waals surface area contributed by atoms with Gasteiger partial charge in [0.25, 0.3) is 5.56 Å². The first kappa shape index (κ1) is 19.5. The van der Waals surface area contributed by atoms with E-state index in [-0.39, 0.29) is 47.6 Å². The van der Waals surface area contributed by atoms with Crippen molar-refractivity contribution >= 4 is 23.0 Å². The van der Waals surface area contributed by atoms with E-state index < -0.39 is 17.9 Å². The Morgan fingerprint density at radius 1 is 1.52 bits per heavy atom. The number of rotatable bonds is 6. The van der Waals surface area contributed by atoms with Crippen LogP contribution in [0.4, 0.5) is 5.95 Å². The Morgan fingerprint density at radius 2 is 2.26 bits per heavy atom. The van der Waals surface area contributed by atoms with Gasteiger partial charge < -0.3 is 14.6 Å². The predicted octanol–water partition coefficient (Wildman–Crippen LogP) is 0.645. The van der Waals surface area contributed by atoms with Crippen LogP contribution in [0.1, 0.15) is 33.9 Å². The second kappa shape index (κ2) is 7.75. The largest absolute Gasteiger partial charge is 0.394 e. The summed E-state index contributed by atoms with van der Waals surface area (Å²) in [5, 5.41) is 12.2. The van der Waals surface area contributed by atoms with Gasteiger partial charge in [-0.05, 0) is 6.92 Å². The molecule has 0 spiro atoms. The first-order valence-electron chi connectivity index (χ1n) is 9.03. The van der Waals surface area contributed by atoms with Crippen molar-refractivity contribution in [3.05, 3.63) is 16.7 Å². The lowest BCUT2D eigenvalue weighted by molar-refractivity contribution is -0.118. The molecule has 148 valence electrons. The molecule has 1 aliphatic rings. The van der Waals surface area contributed by atoms with Gasteiger partial charge in [-0.1, -0.05) is 20.8 Å². The second-order valence-electron chi connectivity index (χ2n) is 6.91. The van der Waals surface area contributed by atoms with E-state index in [0.29, 0.717) is 6.61 Å². The van der Waals surface area contributed by atoms with Gasteiger partial charge in [0, 0.05) is 18.4 Å². The topological polar surface area (TPSA) is 131 Å². The molecular formula is C17H25N5O5. The molecule has 0 aliphatic carbocycles. The fourth-order valence-electron chi connectivity index (χ4n) is 3.14. The van der Waals surface area contributed by atoms with E-state index in [2.05, 4.69) is 20.3 Å². The van der Waals surface area contributed by atoms with Gasteiger partial charge in [-0.15, -0.1) is 0 Å². The zero-order chi connectivity index (χ0) is 19.7. The zero-order valence-electron chi connectivity index (χ0n) is 15.8. The van der Waals surface area contributed by atoms with E-state index >= 15 is 0 Å². The lowest BCUT2D eigenvalue weighted by Gasteiger charge is -2.22. The molecule has 1 saturated heterocycles. The van der Waals surface area contributed by atoms with Crippen molar-refractivity contribution in [1.29, 1.82) is 0 Å². The summed E-state index contributed by atoms with van der Waals surface area (Å²) in [5.74, 6) is -0.533. The molecule has 4 atom stereocenters. The standard InChI is InChI=1S/C17H25N5O5/c1-5-26-12-9(4)10(6-23)27-16(12)22-7-18-11-13(22)19-17(21-15(11)25)20-14(24)8(2)3/h7-10,12,16,23H,5-6H2,1-4H3,(H2,19,20,21,24,25)/t9-,10-,12-,16-/m1/s1. The van der Waals surface area contributed by atoms with Crippen molar-refractivity contribution in [2.45, 2.75) is 46.1 Å². The van der Waals surface area contributed by atoms with Crippen LogP contribution in [0, 0.1) is 11.8 Å². The highest BCUT2D eigenvalue weighted by Crippen LogP contribution is 2.36. The highest BCUT2D eigenvalue weighted by molar-refractivity contribution is 5.91. The van der Waals surface area contributed by atoms with Crippen LogP contribution < -0.4 is 10.9 Å². The molecule has 2 aromatic rings. The SMILES string of the molecule is CCO[C@@H]1[C@H](C)[C@@H](CO)O[C@H]1n1cnc2c(=O)[nH]c(NC(=O)C(C)C)nc21. The molecule has 2 aromatic heterocycles. The van der Waals surface area contributed by atoms with Crippen molar-refractivity contribution in [2.75, 3.05) is 18.5 Å². The molecule has 0 unspecified atom stereocenters. The monoisotopic (exact) mass is 379 g/mol. The number of ether oxygens (including phenoxy) is 2. The molecule has 1 aliphatic heterocycles. The van der Waals surface area contributed by atoms with E-state index in [1.54, 1.807) is 18.4 Å². The first-order chi connectivity index (χ1) is 12.9. The van der Waals surface area contributed by atoms with E-state index in [9.17, 15) is 14.7 Å². The number of anilines is 1. The summed E-state index contributed by atoms with van der Waals surface area (Å²) >= 11 is 0. The number of hydrogen-bond acceptors (Lipinski definition) is 7. The Bertz CT molecular complexity index is 876. The molecule has 10 nitrogen and oxygen atoms in total. The molecule has 0 bridgehead atoms. The fraction of sp³-hybridized carbons (Fsp3) is 0.647.